The van der Waals surface area contributed by atoms with Crippen LogP contribution in [-0.2, 0) is 13.2 Å². The van der Waals surface area contributed by atoms with Crippen LogP contribution in [0.15, 0.2) is 60.7 Å². The third kappa shape index (κ3) is 6.33. The SMILES string of the molecule is CN1CCN(Cc2ccc(C(=O)Nc3ccc(OCc4cccc(C#N)n4)c(Cl)c3)cc2)CC1. The van der Waals surface area contributed by atoms with E-state index in [9.17, 15) is 4.79 Å². The Labute approximate surface area is 204 Å². The molecule has 0 atom stereocenters. The lowest BCUT2D eigenvalue weighted by atomic mass is 10.1. The molecule has 0 bridgehead atoms. The molecule has 0 aliphatic carbocycles. The zero-order valence-corrected chi connectivity index (χ0v) is 19.8. The molecule has 1 saturated heterocycles. The quantitative estimate of drug-likeness (QED) is 0.552. The van der Waals surface area contributed by atoms with E-state index in [1.54, 1.807) is 36.4 Å². The van der Waals surface area contributed by atoms with Gasteiger partial charge in [-0.15, -0.1) is 0 Å². The van der Waals surface area contributed by atoms with E-state index in [2.05, 4.69) is 27.1 Å². The van der Waals surface area contributed by atoms with Crippen molar-refractivity contribution < 1.29 is 9.53 Å². The molecule has 4 rings (SSSR count). The van der Waals surface area contributed by atoms with Gasteiger partial charge in [0.1, 0.15) is 24.1 Å². The monoisotopic (exact) mass is 475 g/mol. The van der Waals surface area contributed by atoms with Crippen LogP contribution in [0.2, 0.25) is 5.02 Å². The summed E-state index contributed by atoms with van der Waals surface area (Å²) in [6.45, 7) is 5.35. The fourth-order valence-corrected chi connectivity index (χ4v) is 3.93. The molecule has 1 aliphatic rings. The van der Waals surface area contributed by atoms with Crippen molar-refractivity contribution >= 4 is 23.2 Å². The van der Waals surface area contributed by atoms with Gasteiger partial charge in [0.05, 0.1) is 10.7 Å². The Bertz CT molecular complexity index is 1180. The highest BCUT2D eigenvalue weighted by atomic mass is 35.5. The van der Waals surface area contributed by atoms with Crippen LogP contribution in [-0.4, -0.2) is 53.9 Å². The van der Waals surface area contributed by atoms with Crippen molar-refractivity contribution in [2.45, 2.75) is 13.2 Å². The topological polar surface area (TPSA) is 81.5 Å². The Morgan fingerprint density at radius 1 is 1.12 bits per heavy atom. The maximum Gasteiger partial charge on any atom is 0.255 e. The van der Waals surface area contributed by atoms with Gasteiger partial charge in [0, 0.05) is 44.0 Å². The second-order valence-electron chi connectivity index (χ2n) is 8.29. The van der Waals surface area contributed by atoms with E-state index in [1.807, 2.05) is 30.3 Å². The zero-order chi connectivity index (χ0) is 23.9. The van der Waals surface area contributed by atoms with Crippen molar-refractivity contribution in [1.82, 2.24) is 14.8 Å². The van der Waals surface area contributed by atoms with Crippen LogP contribution >= 0.6 is 11.6 Å². The number of aromatic nitrogens is 1. The van der Waals surface area contributed by atoms with E-state index in [-0.39, 0.29) is 12.5 Å². The van der Waals surface area contributed by atoms with Gasteiger partial charge >= 0.3 is 0 Å². The number of rotatable bonds is 7. The minimum absolute atomic E-state index is 0.182. The Balaban J connectivity index is 1.32. The summed E-state index contributed by atoms with van der Waals surface area (Å²) in [4.78, 5) is 21.6. The number of likely N-dealkylation sites (N-methyl/N-ethyl adjacent to an activating group) is 1. The molecule has 1 aromatic heterocycles. The number of pyridine rings is 1. The van der Waals surface area contributed by atoms with Gasteiger partial charge in [-0.25, -0.2) is 4.98 Å². The lowest BCUT2D eigenvalue weighted by Crippen LogP contribution is -2.43. The highest BCUT2D eigenvalue weighted by Gasteiger charge is 2.14. The Hall–Kier alpha value is -3.44. The van der Waals surface area contributed by atoms with Crippen LogP contribution < -0.4 is 10.1 Å². The lowest BCUT2D eigenvalue weighted by molar-refractivity contribution is 0.102. The van der Waals surface area contributed by atoms with Crippen molar-refractivity contribution in [2.24, 2.45) is 0 Å². The van der Waals surface area contributed by atoms with Gasteiger partial charge in [-0.2, -0.15) is 5.26 Å². The number of hydrogen-bond donors (Lipinski definition) is 1. The molecule has 1 aliphatic heterocycles. The molecule has 2 aromatic carbocycles. The van der Waals surface area contributed by atoms with Crippen molar-refractivity contribution in [3.8, 4) is 11.8 Å². The maximum atomic E-state index is 12.7. The summed E-state index contributed by atoms with van der Waals surface area (Å²) in [5.74, 6) is 0.269. The number of anilines is 1. The number of benzene rings is 2. The second kappa shape index (κ2) is 11.1. The number of carbonyl (C=O) groups is 1. The van der Waals surface area contributed by atoms with Crippen molar-refractivity contribution in [2.75, 3.05) is 38.5 Å². The number of ether oxygens (including phenoxy) is 1. The first kappa shape index (κ1) is 23.7. The number of amides is 1. The number of nitrogens with zero attached hydrogens (tertiary/aromatic N) is 4. The van der Waals surface area contributed by atoms with Crippen LogP contribution in [0.3, 0.4) is 0 Å². The number of hydrogen-bond acceptors (Lipinski definition) is 6. The molecule has 0 saturated carbocycles. The molecule has 0 radical (unpaired) electrons. The first-order valence-electron chi connectivity index (χ1n) is 11.1. The van der Waals surface area contributed by atoms with Gasteiger partial charge in [-0.3, -0.25) is 9.69 Å². The third-order valence-corrected chi connectivity index (χ3v) is 6.00. The largest absolute Gasteiger partial charge is 0.486 e. The van der Waals surface area contributed by atoms with Gasteiger partial charge in [-0.1, -0.05) is 29.8 Å². The molecule has 7 nitrogen and oxygen atoms in total. The highest BCUT2D eigenvalue weighted by Crippen LogP contribution is 2.28. The predicted octanol–water partition coefficient (Wildman–Crippen LogP) is 4.19. The summed E-state index contributed by atoms with van der Waals surface area (Å²) in [5.41, 5.74) is 3.32. The summed E-state index contributed by atoms with van der Waals surface area (Å²) < 4.78 is 5.73. The average molecular weight is 476 g/mol. The number of nitriles is 1. The molecule has 8 heteroatoms. The number of carbonyl (C=O) groups excluding carboxylic acids is 1. The highest BCUT2D eigenvalue weighted by molar-refractivity contribution is 6.32. The van der Waals surface area contributed by atoms with E-state index >= 15 is 0 Å². The third-order valence-electron chi connectivity index (χ3n) is 5.70. The van der Waals surface area contributed by atoms with E-state index in [1.165, 1.54) is 5.56 Å². The lowest BCUT2D eigenvalue weighted by Gasteiger charge is -2.32. The van der Waals surface area contributed by atoms with Gasteiger partial charge in [0.2, 0.25) is 0 Å². The van der Waals surface area contributed by atoms with Crippen LogP contribution in [0.25, 0.3) is 0 Å². The normalized spacial score (nSPS) is 14.4. The zero-order valence-electron chi connectivity index (χ0n) is 19.0. The summed E-state index contributed by atoms with van der Waals surface area (Å²) in [7, 11) is 2.15. The molecular formula is C26H26ClN5O2. The minimum atomic E-state index is -0.201. The summed E-state index contributed by atoms with van der Waals surface area (Å²) in [5, 5.41) is 12.2. The molecule has 174 valence electrons. The molecule has 0 spiro atoms. The summed E-state index contributed by atoms with van der Waals surface area (Å²) >= 11 is 6.35. The standard InChI is InChI=1S/C26H26ClN5O2/c1-31-11-13-32(14-12-31)17-19-5-7-20(8-6-19)26(33)30-21-9-10-25(24(27)15-21)34-18-23-4-2-3-22(16-28)29-23/h2-10,15H,11-14,17-18H2,1H3,(H,30,33). The predicted molar refractivity (Wildman–Crippen MR) is 132 cm³/mol. The molecule has 3 aromatic rings. The first-order chi connectivity index (χ1) is 16.5. The molecule has 0 unspecified atom stereocenters. The molecule has 1 N–H and O–H groups in total. The maximum absolute atomic E-state index is 12.7. The van der Waals surface area contributed by atoms with Crippen LogP contribution in [0.1, 0.15) is 27.3 Å². The molecule has 34 heavy (non-hydrogen) atoms. The second-order valence-corrected chi connectivity index (χ2v) is 8.70. The van der Waals surface area contributed by atoms with Gasteiger partial charge in [-0.05, 0) is 55.1 Å². The fraction of sp³-hybridized carbons (Fsp3) is 0.269. The summed E-state index contributed by atoms with van der Waals surface area (Å²) in [6.07, 6.45) is 0. The van der Waals surface area contributed by atoms with Crippen LogP contribution in [0.5, 0.6) is 5.75 Å². The average Bonchev–Trinajstić information content (AvgIpc) is 2.85. The van der Waals surface area contributed by atoms with Gasteiger partial charge in [0.25, 0.3) is 5.91 Å². The minimum Gasteiger partial charge on any atom is -0.486 e. The first-order valence-corrected chi connectivity index (χ1v) is 11.5. The number of piperazine rings is 1. The van der Waals surface area contributed by atoms with Crippen molar-refractivity contribution in [3.05, 3.63) is 88.2 Å². The molecular weight excluding hydrogens is 450 g/mol. The van der Waals surface area contributed by atoms with E-state index < -0.39 is 0 Å². The Kier molecular flexibility index (Phi) is 7.76. The molecule has 2 heterocycles. The Morgan fingerprint density at radius 2 is 1.88 bits per heavy atom. The summed E-state index contributed by atoms with van der Waals surface area (Å²) in [6, 6.07) is 20.0. The molecule has 1 fully saturated rings. The fourth-order valence-electron chi connectivity index (χ4n) is 3.70. The van der Waals surface area contributed by atoms with E-state index in [4.69, 9.17) is 21.6 Å². The van der Waals surface area contributed by atoms with Crippen LogP contribution in [0.4, 0.5) is 5.69 Å². The Morgan fingerprint density at radius 3 is 2.59 bits per heavy atom. The smallest absolute Gasteiger partial charge is 0.255 e. The number of halogens is 1. The van der Waals surface area contributed by atoms with Crippen LogP contribution in [0, 0.1) is 11.3 Å². The molecule has 1 amide bonds. The van der Waals surface area contributed by atoms with Gasteiger partial charge < -0.3 is 15.0 Å². The van der Waals surface area contributed by atoms with Crippen molar-refractivity contribution in [3.63, 3.8) is 0 Å². The number of nitrogens with one attached hydrogen (secondary N) is 1. The van der Waals surface area contributed by atoms with E-state index in [0.29, 0.717) is 33.4 Å². The van der Waals surface area contributed by atoms with Gasteiger partial charge in [0.15, 0.2) is 0 Å². The van der Waals surface area contributed by atoms with Crippen molar-refractivity contribution in [1.29, 1.82) is 5.26 Å². The van der Waals surface area contributed by atoms with E-state index in [0.717, 1.165) is 32.7 Å².